The van der Waals surface area contributed by atoms with Gasteiger partial charge in [0, 0.05) is 12.1 Å². The third kappa shape index (κ3) is 6.90. The van der Waals surface area contributed by atoms with Crippen molar-refractivity contribution in [3.63, 3.8) is 0 Å². The fraction of sp³-hybridized carbons (Fsp3) is 0.333. The van der Waals surface area contributed by atoms with Crippen LogP contribution in [0.1, 0.15) is 19.3 Å². The molecule has 5 nitrogen and oxygen atoms in total. The van der Waals surface area contributed by atoms with Crippen LogP contribution in [0.25, 0.3) is 0 Å². The number of nitrogens with zero attached hydrogens (tertiary/aromatic N) is 1. The van der Waals surface area contributed by atoms with Gasteiger partial charge in [-0.2, -0.15) is 0 Å². The van der Waals surface area contributed by atoms with E-state index in [2.05, 4.69) is 20.9 Å². The summed E-state index contributed by atoms with van der Waals surface area (Å²) in [6.45, 7) is 2.11. The summed E-state index contributed by atoms with van der Waals surface area (Å²) in [5.41, 5.74) is 1.72. The number of benzene rings is 1. The molecule has 136 valence electrons. The highest BCUT2D eigenvalue weighted by atomic mass is 35.5. The highest BCUT2D eigenvalue weighted by Gasteiger charge is 2.15. The van der Waals surface area contributed by atoms with Crippen LogP contribution < -0.4 is 16.0 Å². The number of pyridine rings is 1. The van der Waals surface area contributed by atoms with Crippen LogP contribution in [0.5, 0.6) is 0 Å². The van der Waals surface area contributed by atoms with Gasteiger partial charge in [-0.15, -0.1) is 24.8 Å². The Bertz CT molecular complexity index is 631. The largest absolute Gasteiger partial charge is 0.340 e. The van der Waals surface area contributed by atoms with E-state index in [-0.39, 0.29) is 30.7 Å². The number of rotatable bonds is 6. The van der Waals surface area contributed by atoms with Crippen molar-refractivity contribution in [1.82, 2.24) is 10.3 Å². The molecule has 0 spiro atoms. The lowest BCUT2D eigenvalue weighted by Gasteiger charge is -2.09. The Labute approximate surface area is 160 Å². The number of para-hydroxylation sites is 1. The number of nitrogens with one attached hydrogen (secondary N) is 3. The van der Waals surface area contributed by atoms with E-state index < -0.39 is 0 Å². The summed E-state index contributed by atoms with van der Waals surface area (Å²) in [5.74, 6) is 1.45. The minimum Gasteiger partial charge on any atom is -0.340 e. The van der Waals surface area contributed by atoms with Gasteiger partial charge in [0.2, 0.25) is 5.91 Å². The van der Waals surface area contributed by atoms with Crippen LogP contribution in [-0.2, 0) is 4.79 Å². The van der Waals surface area contributed by atoms with Crippen LogP contribution in [0.15, 0.2) is 48.7 Å². The van der Waals surface area contributed by atoms with Crippen molar-refractivity contribution in [2.24, 2.45) is 5.92 Å². The van der Waals surface area contributed by atoms with Gasteiger partial charge in [0.05, 0.1) is 11.9 Å². The first-order valence-electron chi connectivity index (χ1n) is 8.08. The third-order valence-corrected chi connectivity index (χ3v) is 4.04. The van der Waals surface area contributed by atoms with E-state index in [9.17, 15) is 4.79 Å². The molecule has 3 N–H and O–H groups in total. The molecule has 1 aromatic carbocycles. The standard InChI is InChI=1S/C18H22N4O.2ClH/c23-18(9-6-14-10-11-19-12-14)22-16-7-8-17(20-13-16)21-15-4-2-1-3-5-15;;/h1-5,7-8,13-14,19H,6,9-12H2,(H,20,21)(H,22,23);2*1H. The molecule has 7 heteroatoms. The lowest BCUT2D eigenvalue weighted by molar-refractivity contribution is -0.116. The molecule has 1 aromatic heterocycles. The van der Waals surface area contributed by atoms with Crippen LogP contribution >= 0.6 is 24.8 Å². The SMILES string of the molecule is Cl.Cl.O=C(CCC1CCNC1)Nc1ccc(Nc2ccccc2)nc1. The first-order chi connectivity index (χ1) is 11.3. The van der Waals surface area contributed by atoms with Gasteiger partial charge in [0.1, 0.15) is 5.82 Å². The van der Waals surface area contributed by atoms with Gasteiger partial charge in [0.25, 0.3) is 0 Å². The van der Waals surface area contributed by atoms with Crippen LogP contribution in [0.2, 0.25) is 0 Å². The number of anilines is 3. The Morgan fingerprint density at radius 2 is 1.92 bits per heavy atom. The quantitative estimate of drug-likeness (QED) is 0.706. The second kappa shape index (κ2) is 10.9. The normalized spacial score (nSPS) is 15.6. The summed E-state index contributed by atoms with van der Waals surface area (Å²) in [5, 5.41) is 9.45. The van der Waals surface area contributed by atoms with E-state index in [0.29, 0.717) is 12.3 Å². The number of hydrogen-bond acceptors (Lipinski definition) is 4. The summed E-state index contributed by atoms with van der Waals surface area (Å²) in [6.07, 6.45) is 4.37. The molecule has 1 aliphatic rings. The topological polar surface area (TPSA) is 66.1 Å². The Hall–Kier alpha value is -1.82. The van der Waals surface area contributed by atoms with Crippen molar-refractivity contribution >= 4 is 47.9 Å². The second-order valence-electron chi connectivity index (χ2n) is 5.87. The highest BCUT2D eigenvalue weighted by molar-refractivity contribution is 5.90. The van der Waals surface area contributed by atoms with E-state index in [1.165, 1.54) is 6.42 Å². The fourth-order valence-electron chi connectivity index (χ4n) is 2.73. The van der Waals surface area contributed by atoms with E-state index in [4.69, 9.17) is 0 Å². The van der Waals surface area contributed by atoms with Gasteiger partial charge in [0.15, 0.2) is 0 Å². The molecule has 0 bridgehead atoms. The molecule has 2 heterocycles. The summed E-state index contributed by atoms with van der Waals surface area (Å²) >= 11 is 0. The van der Waals surface area contributed by atoms with Crippen molar-refractivity contribution in [2.75, 3.05) is 23.7 Å². The predicted octanol–water partition coefficient (Wildman–Crippen LogP) is 4.00. The third-order valence-electron chi connectivity index (χ3n) is 4.04. The summed E-state index contributed by atoms with van der Waals surface area (Å²) in [6, 6.07) is 13.6. The zero-order valence-electron chi connectivity index (χ0n) is 13.9. The molecule has 3 rings (SSSR count). The zero-order chi connectivity index (χ0) is 15.9. The molecule has 1 saturated heterocycles. The van der Waals surface area contributed by atoms with E-state index in [1.807, 2.05) is 42.5 Å². The van der Waals surface area contributed by atoms with Gasteiger partial charge < -0.3 is 16.0 Å². The van der Waals surface area contributed by atoms with Gasteiger partial charge >= 0.3 is 0 Å². The molecule has 2 aromatic rings. The minimum absolute atomic E-state index is 0. The van der Waals surface area contributed by atoms with Crippen LogP contribution in [-0.4, -0.2) is 24.0 Å². The van der Waals surface area contributed by atoms with Gasteiger partial charge in [-0.3, -0.25) is 4.79 Å². The predicted molar refractivity (Wildman–Crippen MR) is 107 cm³/mol. The lowest BCUT2D eigenvalue weighted by Crippen LogP contribution is -2.15. The first kappa shape index (κ1) is 21.2. The van der Waals surface area contributed by atoms with Gasteiger partial charge in [-0.05, 0) is 56.1 Å². The molecule has 0 saturated carbocycles. The van der Waals surface area contributed by atoms with Crippen molar-refractivity contribution in [1.29, 1.82) is 0 Å². The van der Waals surface area contributed by atoms with Gasteiger partial charge in [-0.25, -0.2) is 4.98 Å². The maximum absolute atomic E-state index is 12.0. The molecule has 1 aliphatic heterocycles. The number of hydrogen-bond donors (Lipinski definition) is 3. The maximum Gasteiger partial charge on any atom is 0.224 e. The number of halogens is 2. The average Bonchev–Trinajstić information content (AvgIpc) is 3.09. The molecular formula is C18H24Cl2N4O. The van der Waals surface area contributed by atoms with E-state index >= 15 is 0 Å². The van der Waals surface area contributed by atoms with Crippen LogP contribution in [0.4, 0.5) is 17.2 Å². The Kier molecular flexibility index (Phi) is 9.27. The number of aromatic nitrogens is 1. The monoisotopic (exact) mass is 382 g/mol. The molecule has 1 atom stereocenters. The molecule has 0 radical (unpaired) electrons. The van der Waals surface area contributed by atoms with E-state index in [1.54, 1.807) is 6.20 Å². The Morgan fingerprint density at radius 1 is 1.12 bits per heavy atom. The van der Waals surface area contributed by atoms with Crippen LogP contribution in [0.3, 0.4) is 0 Å². The Morgan fingerprint density at radius 3 is 2.56 bits per heavy atom. The second-order valence-corrected chi connectivity index (χ2v) is 5.87. The fourth-order valence-corrected chi connectivity index (χ4v) is 2.73. The average molecular weight is 383 g/mol. The number of carbonyl (C=O) groups excluding carboxylic acids is 1. The Balaban J connectivity index is 0.00000156. The minimum atomic E-state index is 0. The molecule has 1 fully saturated rings. The number of amides is 1. The van der Waals surface area contributed by atoms with Crippen molar-refractivity contribution in [3.05, 3.63) is 48.7 Å². The first-order valence-corrected chi connectivity index (χ1v) is 8.08. The molecule has 1 unspecified atom stereocenters. The van der Waals surface area contributed by atoms with Crippen molar-refractivity contribution in [3.8, 4) is 0 Å². The van der Waals surface area contributed by atoms with Crippen molar-refractivity contribution < 1.29 is 4.79 Å². The van der Waals surface area contributed by atoms with Gasteiger partial charge in [-0.1, -0.05) is 18.2 Å². The molecule has 0 aliphatic carbocycles. The summed E-state index contributed by atoms with van der Waals surface area (Å²) < 4.78 is 0. The zero-order valence-corrected chi connectivity index (χ0v) is 15.5. The maximum atomic E-state index is 12.0. The molecule has 1 amide bonds. The smallest absolute Gasteiger partial charge is 0.224 e. The molecular weight excluding hydrogens is 359 g/mol. The van der Waals surface area contributed by atoms with Crippen LogP contribution in [0, 0.1) is 5.92 Å². The summed E-state index contributed by atoms with van der Waals surface area (Å²) in [7, 11) is 0. The molecule has 25 heavy (non-hydrogen) atoms. The lowest BCUT2D eigenvalue weighted by atomic mass is 10.0. The van der Waals surface area contributed by atoms with E-state index in [0.717, 1.165) is 36.7 Å². The highest BCUT2D eigenvalue weighted by Crippen LogP contribution is 2.17. The van der Waals surface area contributed by atoms with Crippen molar-refractivity contribution in [2.45, 2.75) is 19.3 Å². The number of carbonyl (C=O) groups is 1. The summed E-state index contributed by atoms with van der Waals surface area (Å²) in [4.78, 5) is 16.3.